The molecule has 1 aliphatic heterocycles. The third-order valence-corrected chi connectivity index (χ3v) is 3.48. The molecule has 1 unspecified atom stereocenters. The molecule has 5 nitrogen and oxygen atoms in total. The Morgan fingerprint density at radius 1 is 1.33 bits per heavy atom. The largest absolute Gasteiger partial charge is 0.390 e. The van der Waals surface area contributed by atoms with Gasteiger partial charge in [0, 0.05) is 26.2 Å². The topological polar surface area (TPSA) is 55.8 Å². The Hall–Kier alpha value is -0.650. The molecule has 0 aliphatic carbocycles. The number of carbonyl (C=O) groups excluding carboxylic acids is 1. The van der Waals surface area contributed by atoms with Gasteiger partial charge in [0.05, 0.1) is 12.6 Å². The summed E-state index contributed by atoms with van der Waals surface area (Å²) < 4.78 is 0. The van der Waals surface area contributed by atoms with Gasteiger partial charge in [-0.05, 0) is 25.9 Å². The number of carbonyl (C=O) groups is 1. The minimum absolute atomic E-state index is 0.155. The molecule has 0 aromatic heterocycles. The fourth-order valence-corrected chi connectivity index (χ4v) is 2.27. The van der Waals surface area contributed by atoms with Gasteiger partial charge >= 0.3 is 0 Å². The second-order valence-corrected chi connectivity index (χ2v) is 4.86. The Morgan fingerprint density at radius 2 is 1.94 bits per heavy atom. The van der Waals surface area contributed by atoms with E-state index in [0.29, 0.717) is 19.6 Å². The van der Waals surface area contributed by atoms with Gasteiger partial charge in [0.2, 0.25) is 5.91 Å². The van der Waals surface area contributed by atoms with E-state index in [1.165, 1.54) is 0 Å². The second-order valence-electron chi connectivity index (χ2n) is 4.86. The average Bonchev–Trinajstić information content (AvgIpc) is 2.89. The van der Waals surface area contributed by atoms with Gasteiger partial charge in [-0.1, -0.05) is 13.8 Å². The number of hydrogen-bond donors (Lipinski definition) is 2. The number of hydrogen-bond acceptors (Lipinski definition) is 4. The molecule has 0 saturated carbocycles. The van der Waals surface area contributed by atoms with Gasteiger partial charge in [-0.25, -0.2) is 0 Å². The Bertz CT molecular complexity index is 238. The highest BCUT2D eigenvalue weighted by atomic mass is 16.3. The van der Waals surface area contributed by atoms with E-state index in [1.807, 2.05) is 4.90 Å². The first-order chi connectivity index (χ1) is 8.67. The highest BCUT2D eigenvalue weighted by Gasteiger charge is 2.17. The third kappa shape index (κ3) is 5.33. The Balaban J connectivity index is 2.10. The molecule has 18 heavy (non-hydrogen) atoms. The quantitative estimate of drug-likeness (QED) is 0.638. The van der Waals surface area contributed by atoms with Gasteiger partial charge in [0.1, 0.15) is 0 Å². The van der Waals surface area contributed by atoms with Gasteiger partial charge in [-0.15, -0.1) is 0 Å². The predicted octanol–water partition coefficient (Wildman–Crippen LogP) is -0.0989. The molecule has 1 fully saturated rings. The molecule has 0 radical (unpaired) electrons. The molecule has 0 bridgehead atoms. The summed E-state index contributed by atoms with van der Waals surface area (Å²) in [7, 11) is 0. The number of likely N-dealkylation sites (tertiary alicyclic amines) is 1. The molecule has 5 heteroatoms. The number of amides is 1. The van der Waals surface area contributed by atoms with Gasteiger partial charge in [-0.2, -0.15) is 0 Å². The molecule has 0 aromatic rings. The second kappa shape index (κ2) is 8.45. The van der Waals surface area contributed by atoms with Gasteiger partial charge in [0.25, 0.3) is 0 Å². The summed E-state index contributed by atoms with van der Waals surface area (Å²) in [6, 6.07) is 0. The van der Waals surface area contributed by atoms with Crippen molar-refractivity contribution in [2.24, 2.45) is 0 Å². The van der Waals surface area contributed by atoms with Crippen molar-refractivity contribution >= 4 is 5.91 Å². The molecular weight excluding hydrogens is 230 g/mol. The van der Waals surface area contributed by atoms with Crippen LogP contribution in [0, 0.1) is 0 Å². The molecular formula is C13H27N3O2. The smallest absolute Gasteiger partial charge is 0.236 e. The van der Waals surface area contributed by atoms with E-state index >= 15 is 0 Å². The molecule has 0 spiro atoms. The molecule has 0 aromatic carbocycles. The normalized spacial score (nSPS) is 17.4. The molecule has 1 heterocycles. The van der Waals surface area contributed by atoms with Crippen LogP contribution in [0.4, 0.5) is 0 Å². The highest BCUT2D eigenvalue weighted by Crippen LogP contribution is 2.06. The zero-order valence-electron chi connectivity index (χ0n) is 11.7. The maximum absolute atomic E-state index is 11.7. The van der Waals surface area contributed by atoms with Crippen LogP contribution in [-0.4, -0.2) is 72.7 Å². The first kappa shape index (κ1) is 15.4. The monoisotopic (exact) mass is 257 g/mol. The van der Waals surface area contributed by atoms with Crippen molar-refractivity contribution in [1.29, 1.82) is 0 Å². The van der Waals surface area contributed by atoms with Gasteiger partial charge < -0.3 is 20.2 Å². The van der Waals surface area contributed by atoms with Crippen molar-refractivity contribution in [3.63, 3.8) is 0 Å². The number of likely N-dealkylation sites (N-methyl/N-ethyl adjacent to an activating group) is 1. The zero-order chi connectivity index (χ0) is 13.4. The van der Waals surface area contributed by atoms with Crippen LogP contribution in [0.3, 0.4) is 0 Å². The van der Waals surface area contributed by atoms with E-state index in [4.69, 9.17) is 0 Å². The van der Waals surface area contributed by atoms with E-state index < -0.39 is 6.10 Å². The van der Waals surface area contributed by atoms with E-state index in [2.05, 4.69) is 24.1 Å². The third-order valence-electron chi connectivity index (χ3n) is 3.48. The lowest BCUT2D eigenvalue weighted by Crippen LogP contribution is -2.42. The van der Waals surface area contributed by atoms with Crippen LogP contribution in [-0.2, 0) is 4.79 Å². The standard InChI is InChI=1S/C13H27N3O2/c1-3-15(4-2)11-12(17)9-14-10-13(18)16-7-5-6-8-16/h12,14,17H,3-11H2,1-2H3. The van der Waals surface area contributed by atoms with Gasteiger partial charge in [0.15, 0.2) is 0 Å². The first-order valence-electron chi connectivity index (χ1n) is 7.06. The maximum atomic E-state index is 11.7. The summed E-state index contributed by atoms with van der Waals surface area (Å²) in [5.74, 6) is 0.155. The van der Waals surface area contributed by atoms with Crippen LogP contribution < -0.4 is 5.32 Å². The van der Waals surface area contributed by atoms with Gasteiger partial charge in [-0.3, -0.25) is 4.79 Å². The van der Waals surface area contributed by atoms with Crippen LogP contribution in [0.1, 0.15) is 26.7 Å². The fraction of sp³-hybridized carbons (Fsp3) is 0.923. The number of rotatable bonds is 8. The van der Waals surface area contributed by atoms with Crippen LogP contribution in [0.5, 0.6) is 0 Å². The van der Waals surface area contributed by atoms with Crippen LogP contribution in [0.25, 0.3) is 0 Å². The lowest BCUT2D eigenvalue weighted by molar-refractivity contribution is -0.129. The highest BCUT2D eigenvalue weighted by molar-refractivity contribution is 5.78. The van der Waals surface area contributed by atoms with Crippen molar-refractivity contribution < 1.29 is 9.90 Å². The minimum Gasteiger partial charge on any atom is -0.390 e. The minimum atomic E-state index is -0.406. The Morgan fingerprint density at radius 3 is 2.50 bits per heavy atom. The fourth-order valence-electron chi connectivity index (χ4n) is 2.27. The lowest BCUT2D eigenvalue weighted by Gasteiger charge is -2.22. The van der Waals surface area contributed by atoms with E-state index in [1.54, 1.807) is 0 Å². The lowest BCUT2D eigenvalue weighted by atomic mass is 10.3. The van der Waals surface area contributed by atoms with Crippen molar-refractivity contribution in [3.05, 3.63) is 0 Å². The van der Waals surface area contributed by atoms with Crippen LogP contribution >= 0.6 is 0 Å². The summed E-state index contributed by atoms with van der Waals surface area (Å²) in [5.41, 5.74) is 0. The van der Waals surface area contributed by atoms with E-state index in [9.17, 15) is 9.90 Å². The average molecular weight is 257 g/mol. The number of nitrogens with one attached hydrogen (secondary N) is 1. The molecule has 2 N–H and O–H groups in total. The Labute approximate surface area is 110 Å². The maximum Gasteiger partial charge on any atom is 0.236 e. The molecule has 106 valence electrons. The number of nitrogens with zero attached hydrogens (tertiary/aromatic N) is 2. The van der Waals surface area contributed by atoms with Crippen molar-refractivity contribution in [3.8, 4) is 0 Å². The van der Waals surface area contributed by atoms with E-state index in [-0.39, 0.29) is 5.91 Å². The molecule has 1 aliphatic rings. The SMILES string of the molecule is CCN(CC)CC(O)CNCC(=O)N1CCCC1. The molecule has 1 amide bonds. The predicted molar refractivity (Wildman–Crippen MR) is 72.5 cm³/mol. The molecule has 1 saturated heterocycles. The number of aliphatic hydroxyl groups is 1. The zero-order valence-corrected chi connectivity index (χ0v) is 11.7. The number of aliphatic hydroxyl groups excluding tert-OH is 1. The first-order valence-corrected chi connectivity index (χ1v) is 7.06. The van der Waals surface area contributed by atoms with E-state index in [0.717, 1.165) is 39.0 Å². The van der Waals surface area contributed by atoms with Crippen molar-refractivity contribution in [1.82, 2.24) is 15.1 Å². The van der Waals surface area contributed by atoms with Crippen molar-refractivity contribution in [2.75, 3.05) is 45.8 Å². The summed E-state index contributed by atoms with van der Waals surface area (Å²) >= 11 is 0. The summed E-state index contributed by atoms with van der Waals surface area (Å²) in [6.45, 7) is 9.33. The summed E-state index contributed by atoms with van der Waals surface area (Å²) in [5, 5.41) is 12.9. The summed E-state index contributed by atoms with van der Waals surface area (Å²) in [4.78, 5) is 15.8. The summed E-state index contributed by atoms with van der Waals surface area (Å²) in [6.07, 6.45) is 1.84. The molecule has 1 atom stereocenters. The van der Waals surface area contributed by atoms with Crippen LogP contribution in [0.2, 0.25) is 0 Å². The Kier molecular flexibility index (Phi) is 7.23. The van der Waals surface area contributed by atoms with Crippen molar-refractivity contribution in [2.45, 2.75) is 32.8 Å². The molecule has 1 rings (SSSR count). The van der Waals surface area contributed by atoms with Crippen LogP contribution in [0.15, 0.2) is 0 Å².